The van der Waals surface area contributed by atoms with Crippen LogP contribution in [0, 0.1) is 0 Å². The average molecular weight is 363 g/mol. The van der Waals surface area contributed by atoms with Crippen molar-refractivity contribution in [3.8, 4) is 11.3 Å². The van der Waals surface area contributed by atoms with Gasteiger partial charge >= 0.3 is 0 Å². The molecule has 4 rings (SSSR count). The van der Waals surface area contributed by atoms with E-state index in [1.54, 1.807) is 23.8 Å². The predicted octanol–water partition coefficient (Wildman–Crippen LogP) is 3.71. The number of carbonyl (C=O) groups is 1. The van der Waals surface area contributed by atoms with Gasteiger partial charge in [0.15, 0.2) is 5.78 Å². The summed E-state index contributed by atoms with van der Waals surface area (Å²) < 4.78 is 1.77. The van der Waals surface area contributed by atoms with Crippen molar-refractivity contribution in [2.24, 2.45) is 0 Å². The molecule has 0 aliphatic rings. The van der Waals surface area contributed by atoms with E-state index in [1.165, 1.54) is 16.9 Å². The molecule has 0 spiro atoms. The van der Waals surface area contributed by atoms with E-state index in [-0.39, 0.29) is 5.78 Å². The minimum Gasteiger partial charge on any atom is -0.360 e. The van der Waals surface area contributed by atoms with Crippen LogP contribution < -0.4 is 5.32 Å². The van der Waals surface area contributed by atoms with Gasteiger partial charge in [0.2, 0.25) is 10.1 Å². The largest absolute Gasteiger partial charge is 0.360 e. The van der Waals surface area contributed by atoms with Gasteiger partial charge in [-0.15, -0.1) is 5.10 Å². The number of hydrogen-bond donors (Lipinski definition) is 1. The van der Waals surface area contributed by atoms with Crippen LogP contribution in [0.4, 0.5) is 5.13 Å². The monoisotopic (exact) mass is 363 g/mol. The standard InChI is InChI=1S/C19H17N5OS/c1-13(25)15-3-2-4-16(11-15)17-12-24-19(22-17)26-18(23-24)21-10-7-14-5-8-20-9-6-14/h2-6,8-9,11-12H,7,10H2,1H3,(H,21,23). The van der Waals surface area contributed by atoms with E-state index in [2.05, 4.69) is 20.4 Å². The topological polar surface area (TPSA) is 72.2 Å². The predicted molar refractivity (Wildman–Crippen MR) is 103 cm³/mol. The first-order valence-corrected chi connectivity index (χ1v) is 9.11. The maximum atomic E-state index is 11.6. The SMILES string of the molecule is CC(=O)c1cccc(-c2cn3nc(NCCc4ccncc4)sc3n2)c1. The molecule has 6 nitrogen and oxygen atoms in total. The van der Waals surface area contributed by atoms with Gasteiger partial charge in [-0.05, 0) is 37.1 Å². The number of carbonyl (C=O) groups excluding carboxylic acids is 1. The summed E-state index contributed by atoms with van der Waals surface area (Å²) in [5.74, 6) is 0.0479. The third-order valence-electron chi connectivity index (χ3n) is 4.05. The smallest absolute Gasteiger partial charge is 0.214 e. The fourth-order valence-electron chi connectivity index (χ4n) is 2.67. The van der Waals surface area contributed by atoms with Crippen LogP contribution in [0.5, 0.6) is 0 Å². The Morgan fingerprint density at radius 2 is 2.08 bits per heavy atom. The Balaban J connectivity index is 1.47. The first kappa shape index (κ1) is 16.4. The molecular weight excluding hydrogens is 346 g/mol. The highest BCUT2D eigenvalue weighted by Gasteiger charge is 2.10. The molecular formula is C19H17N5OS. The van der Waals surface area contributed by atoms with E-state index in [0.29, 0.717) is 5.56 Å². The molecule has 0 unspecified atom stereocenters. The van der Waals surface area contributed by atoms with Crippen molar-refractivity contribution in [2.45, 2.75) is 13.3 Å². The Bertz CT molecular complexity index is 1020. The van der Waals surface area contributed by atoms with Crippen LogP contribution in [-0.4, -0.2) is 31.9 Å². The minimum absolute atomic E-state index is 0.0479. The molecule has 0 fully saturated rings. The number of benzene rings is 1. The molecule has 0 aliphatic heterocycles. The quantitative estimate of drug-likeness (QED) is 0.529. The molecule has 0 saturated carbocycles. The van der Waals surface area contributed by atoms with Crippen molar-refractivity contribution in [3.63, 3.8) is 0 Å². The zero-order valence-electron chi connectivity index (χ0n) is 14.2. The van der Waals surface area contributed by atoms with Crippen LogP contribution in [0.2, 0.25) is 0 Å². The first-order valence-electron chi connectivity index (χ1n) is 8.29. The maximum absolute atomic E-state index is 11.6. The van der Waals surface area contributed by atoms with E-state index >= 15 is 0 Å². The summed E-state index contributed by atoms with van der Waals surface area (Å²) in [6.45, 7) is 2.37. The molecule has 3 aromatic heterocycles. The number of rotatable bonds is 6. The second kappa shape index (κ2) is 7.05. The maximum Gasteiger partial charge on any atom is 0.214 e. The van der Waals surface area contributed by atoms with Crippen LogP contribution >= 0.6 is 11.3 Å². The van der Waals surface area contributed by atoms with Gasteiger partial charge in [-0.2, -0.15) is 0 Å². The second-order valence-corrected chi connectivity index (χ2v) is 6.89. The summed E-state index contributed by atoms with van der Waals surface area (Å²) in [6.07, 6.45) is 6.40. The zero-order valence-corrected chi connectivity index (χ0v) is 15.0. The molecule has 0 bridgehead atoms. The number of nitrogens with zero attached hydrogens (tertiary/aromatic N) is 4. The Labute approximate surface area is 154 Å². The Hall–Kier alpha value is -3.06. The van der Waals surface area contributed by atoms with Crippen LogP contribution in [0.25, 0.3) is 16.2 Å². The lowest BCUT2D eigenvalue weighted by Gasteiger charge is -2.02. The highest BCUT2D eigenvalue weighted by atomic mass is 32.1. The van der Waals surface area contributed by atoms with Gasteiger partial charge < -0.3 is 5.32 Å². The number of anilines is 1. The summed E-state index contributed by atoms with van der Waals surface area (Å²) in [5, 5.41) is 8.70. The van der Waals surface area contributed by atoms with E-state index in [9.17, 15) is 4.79 Å². The number of pyridine rings is 1. The van der Waals surface area contributed by atoms with Gasteiger partial charge in [0.05, 0.1) is 11.9 Å². The lowest BCUT2D eigenvalue weighted by atomic mass is 10.1. The van der Waals surface area contributed by atoms with Crippen LogP contribution in [0.15, 0.2) is 55.0 Å². The molecule has 4 aromatic rings. The van der Waals surface area contributed by atoms with Gasteiger partial charge in [0.25, 0.3) is 0 Å². The van der Waals surface area contributed by atoms with Crippen molar-refractivity contribution in [3.05, 3.63) is 66.1 Å². The average Bonchev–Trinajstić information content (AvgIpc) is 3.21. The molecule has 1 aromatic carbocycles. The van der Waals surface area contributed by atoms with Gasteiger partial charge in [0, 0.05) is 30.1 Å². The lowest BCUT2D eigenvalue weighted by molar-refractivity contribution is 0.101. The fourth-order valence-corrected chi connectivity index (χ4v) is 3.48. The summed E-state index contributed by atoms with van der Waals surface area (Å²) in [5.41, 5.74) is 3.66. The molecule has 1 N–H and O–H groups in total. The molecule has 26 heavy (non-hydrogen) atoms. The molecule has 0 aliphatic carbocycles. The first-order chi connectivity index (χ1) is 12.7. The van der Waals surface area contributed by atoms with Crippen molar-refractivity contribution < 1.29 is 4.79 Å². The molecule has 0 amide bonds. The van der Waals surface area contributed by atoms with Crippen LogP contribution in [0.1, 0.15) is 22.8 Å². The number of nitrogens with one attached hydrogen (secondary N) is 1. The highest BCUT2D eigenvalue weighted by molar-refractivity contribution is 7.20. The van der Waals surface area contributed by atoms with Crippen molar-refractivity contribution in [1.29, 1.82) is 0 Å². The zero-order chi connectivity index (χ0) is 17.9. The lowest BCUT2D eigenvalue weighted by Crippen LogP contribution is -2.04. The van der Waals surface area contributed by atoms with Crippen molar-refractivity contribution >= 4 is 27.2 Å². The molecule has 0 saturated heterocycles. The van der Waals surface area contributed by atoms with Gasteiger partial charge in [-0.25, -0.2) is 9.50 Å². The van der Waals surface area contributed by atoms with E-state index in [0.717, 1.165) is 34.3 Å². The van der Waals surface area contributed by atoms with Crippen LogP contribution in [0.3, 0.4) is 0 Å². The second-order valence-electron chi connectivity index (χ2n) is 5.93. The Kier molecular flexibility index (Phi) is 4.45. The van der Waals surface area contributed by atoms with Gasteiger partial charge in [0.1, 0.15) is 0 Å². The number of hydrogen-bond acceptors (Lipinski definition) is 6. The number of fused-ring (bicyclic) bond motifs is 1. The third-order valence-corrected chi connectivity index (χ3v) is 4.93. The number of Topliss-reactive ketones (excluding diaryl/α,β-unsaturated/α-hetero) is 1. The summed E-state index contributed by atoms with van der Waals surface area (Å²) in [4.78, 5) is 21.0. The fraction of sp³-hybridized carbons (Fsp3) is 0.158. The van der Waals surface area contributed by atoms with Gasteiger partial charge in [-0.1, -0.05) is 29.5 Å². The summed E-state index contributed by atoms with van der Waals surface area (Å²) in [6, 6.07) is 11.5. The molecule has 130 valence electrons. The van der Waals surface area contributed by atoms with Crippen LogP contribution in [-0.2, 0) is 6.42 Å². The normalized spacial score (nSPS) is 11.0. The summed E-state index contributed by atoms with van der Waals surface area (Å²) >= 11 is 1.51. The number of ketones is 1. The molecule has 7 heteroatoms. The van der Waals surface area contributed by atoms with Crippen molar-refractivity contribution in [2.75, 3.05) is 11.9 Å². The van der Waals surface area contributed by atoms with Crippen molar-refractivity contribution in [1.82, 2.24) is 19.6 Å². The van der Waals surface area contributed by atoms with E-state index in [4.69, 9.17) is 0 Å². The molecule has 0 atom stereocenters. The highest BCUT2D eigenvalue weighted by Crippen LogP contribution is 2.25. The van der Waals surface area contributed by atoms with E-state index in [1.807, 2.05) is 42.6 Å². The molecule has 3 heterocycles. The summed E-state index contributed by atoms with van der Waals surface area (Å²) in [7, 11) is 0. The molecule has 0 radical (unpaired) electrons. The number of aromatic nitrogens is 4. The Morgan fingerprint density at radius 1 is 1.23 bits per heavy atom. The Morgan fingerprint density at radius 3 is 2.85 bits per heavy atom. The minimum atomic E-state index is 0.0479. The third kappa shape index (κ3) is 3.48. The number of imidazole rings is 1. The van der Waals surface area contributed by atoms with Gasteiger partial charge in [-0.3, -0.25) is 9.78 Å². The van der Waals surface area contributed by atoms with E-state index < -0.39 is 0 Å².